The van der Waals surface area contributed by atoms with Crippen LogP contribution in [0.3, 0.4) is 0 Å². The summed E-state index contributed by atoms with van der Waals surface area (Å²) in [6, 6.07) is 4.24. The van der Waals surface area contributed by atoms with Crippen LogP contribution in [0.5, 0.6) is 0 Å². The summed E-state index contributed by atoms with van der Waals surface area (Å²) in [7, 11) is 1.43. The van der Waals surface area contributed by atoms with Crippen LogP contribution in [0.15, 0.2) is 23.1 Å². The van der Waals surface area contributed by atoms with Gasteiger partial charge in [-0.25, -0.2) is 5.48 Å². The third-order valence-electron chi connectivity index (χ3n) is 2.66. The van der Waals surface area contributed by atoms with Crippen molar-refractivity contribution in [2.24, 2.45) is 0 Å². The number of amides is 1. The number of rotatable bonds is 2. The third-order valence-corrected chi connectivity index (χ3v) is 3.79. The number of hydrogen-bond acceptors (Lipinski definition) is 6. The molecule has 1 aliphatic rings. The van der Waals surface area contributed by atoms with E-state index in [1.807, 2.05) is 0 Å². The summed E-state index contributed by atoms with van der Waals surface area (Å²) < 4.78 is 27.0. The van der Waals surface area contributed by atoms with Crippen molar-refractivity contribution < 1.29 is 23.5 Å². The number of benzene rings is 1. The Morgan fingerprint density at radius 2 is 2.05 bits per heavy atom. The van der Waals surface area contributed by atoms with Gasteiger partial charge in [-0.15, -0.1) is 0 Å². The Kier molecular flexibility index (Phi) is 7.79. The predicted octanol–water partition coefficient (Wildman–Crippen LogP) is 0.645. The fraction of sp³-hybridized carbons (Fsp3) is 0.417. The fourth-order valence-corrected chi connectivity index (χ4v) is 2.47. The lowest BCUT2D eigenvalue weighted by atomic mass is 10.2. The topological polar surface area (TPSA) is 102 Å². The van der Waals surface area contributed by atoms with Crippen molar-refractivity contribution in [2.75, 3.05) is 33.4 Å². The quantitative estimate of drug-likeness (QED) is 0.607. The van der Waals surface area contributed by atoms with Gasteiger partial charge in [0.2, 0.25) is 0 Å². The summed E-state index contributed by atoms with van der Waals surface area (Å²) in [4.78, 5) is 13.7. The minimum absolute atomic E-state index is 0.0595. The highest BCUT2D eigenvalue weighted by Gasteiger charge is 2.19. The highest BCUT2D eigenvalue weighted by molar-refractivity contribution is 7.79. The second-order valence-corrected chi connectivity index (χ2v) is 5.32. The van der Waals surface area contributed by atoms with E-state index in [1.165, 1.54) is 25.2 Å². The highest BCUT2D eigenvalue weighted by atomic mass is 35.5. The van der Waals surface area contributed by atoms with E-state index >= 15 is 0 Å². The first kappa shape index (κ1) is 18.0. The Hall–Kier alpha value is -1.03. The van der Waals surface area contributed by atoms with E-state index in [1.54, 1.807) is 10.4 Å². The van der Waals surface area contributed by atoms with Crippen molar-refractivity contribution in [1.29, 1.82) is 0 Å². The lowest BCUT2D eigenvalue weighted by Gasteiger charge is -2.27. The first-order valence-electron chi connectivity index (χ1n) is 6.08. The Balaban J connectivity index is 0.000000677. The molecule has 9 heteroatoms. The van der Waals surface area contributed by atoms with Crippen LogP contribution in [0.25, 0.3) is 0 Å². The maximum absolute atomic E-state index is 12.1. The van der Waals surface area contributed by atoms with Crippen molar-refractivity contribution in [3.63, 3.8) is 0 Å². The normalized spacial score (nSPS) is 15.9. The molecule has 1 aromatic rings. The van der Waals surface area contributed by atoms with Gasteiger partial charge in [0.05, 0.1) is 18.2 Å². The number of hydrogen-bond donors (Lipinski definition) is 2. The molecule has 1 aromatic carbocycles. The monoisotopic (exact) mass is 335 g/mol. The van der Waals surface area contributed by atoms with Crippen LogP contribution < -0.4 is 5.48 Å². The average Bonchev–Trinajstić information content (AvgIpc) is 2.48. The van der Waals surface area contributed by atoms with Gasteiger partial charge in [-0.3, -0.25) is 9.00 Å². The molecule has 0 spiro atoms. The van der Waals surface area contributed by atoms with Crippen LogP contribution in [-0.2, 0) is 15.8 Å². The zero-order valence-corrected chi connectivity index (χ0v) is 12.9. The molecule has 1 heterocycles. The molecule has 118 valence electrons. The van der Waals surface area contributed by atoms with Crippen molar-refractivity contribution in [2.45, 2.75) is 4.90 Å². The van der Waals surface area contributed by atoms with E-state index in [-0.39, 0.29) is 15.8 Å². The molecule has 1 fully saturated rings. The SMILES string of the molecule is CNO.O=C(c1ccc(Cl)c(S(=O)[O-])c1)N1CCOCC1. The maximum atomic E-state index is 12.1. The average molecular weight is 336 g/mol. The molecule has 0 bridgehead atoms. The molecular weight excluding hydrogens is 320 g/mol. The van der Waals surface area contributed by atoms with Crippen molar-refractivity contribution in [1.82, 2.24) is 10.4 Å². The van der Waals surface area contributed by atoms with E-state index in [0.29, 0.717) is 31.9 Å². The van der Waals surface area contributed by atoms with Crippen LogP contribution in [0.2, 0.25) is 5.02 Å². The second-order valence-electron chi connectivity index (χ2n) is 4.01. The molecule has 0 aliphatic carbocycles. The molecule has 1 unspecified atom stereocenters. The third kappa shape index (κ3) is 5.34. The van der Waals surface area contributed by atoms with Gasteiger partial charge in [-0.1, -0.05) is 11.6 Å². The van der Waals surface area contributed by atoms with Crippen LogP contribution in [0.4, 0.5) is 0 Å². The van der Waals surface area contributed by atoms with Gasteiger partial charge in [-0.2, -0.15) is 0 Å². The highest BCUT2D eigenvalue weighted by Crippen LogP contribution is 2.21. The molecular formula is C12H16ClN2O5S-. The largest absolute Gasteiger partial charge is 0.768 e. The number of nitrogens with zero attached hydrogens (tertiary/aromatic N) is 1. The summed E-state index contributed by atoms with van der Waals surface area (Å²) in [6.07, 6.45) is 0. The minimum Gasteiger partial charge on any atom is -0.768 e. The molecule has 1 aliphatic heterocycles. The van der Waals surface area contributed by atoms with E-state index in [4.69, 9.17) is 21.5 Å². The van der Waals surface area contributed by atoms with Gasteiger partial charge in [0.15, 0.2) is 0 Å². The van der Waals surface area contributed by atoms with Gasteiger partial charge >= 0.3 is 0 Å². The number of carbonyl (C=O) groups is 1. The van der Waals surface area contributed by atoms with Gasteiger partial charge < -0.3 is 19.4 Å². The summed E-state index contributed by atoms with van der Waals surface area (Å²) in [5, 5.41) is 7.43. The van der Waals surface area contributed by atoms with Gasteiger partial charge in [-0.05, 0) is 29.3 Å². The van der Waals surface area contributed by atoms with E-state index in [9.17, 15) is 13.6 Å². The summed E-state index contributed by atoms with van der Waals surface area (Å²) >= 11 is 3.29. The van der Waals surface area contributed by atoms with Gasteiger partial charge in [0, 0.05) is 30.6 Å². The summed E-state index contributed by atoms with van der Waals surface area (Å²) in [5.74, 6) is -0.207. The number of halogens is 1. The smallest absolute Gasteiger partial charge is 0.254 e. The Morgan fingerprint density at radius 3 is 2.57 bits per heavy atom. The number of hydroxylamine groups is 1. The molecule has 0 radical (unpaired) electrons. The molecule has 21 heavy (non-hydrogen) atoms. The zero-order chi connectivity index (χ0) is 15.8. The lowest BCUT2D eigenvalue weighted by Crippen LogP contribution is -2.40. The van der Waals surface area contributed by atoms with Crippen molar-refractivity contribution >= 4 is 28.6 Å². The van der Waals surface area contributed by atoms with Crippen molar-refractivity contribution in [3.05, 3.63) is 28.8 Å². The standard InChI is InChI=1S/C11H12ClNO4S.CH5NO/c12-9-2-1-8(7-10(9)18(15)16)11(14)13-3-5-17-6-4-13;1-2-3/h1-2,7H,3-6H2,(H,15,16);2-3H,1H3/p-1. The summed E-state index contributed by atoms with van der Waals surface area (Å²) in [6.45, 7) is 2.02. The molecule has 1 atom stereocenters. The molecule has 2 N–H and O–H groups in total. The zero-order valence-electron chi connectivity index (χ0n) is 11.4. The van der Waals surface area contributed by atoms with E-state index in [2.05, 4.69) is 0 Å². The van der Waals surface area contributed by atoms with Crippen molar-refractivity contribution in [3.8, 4) is 0 Å². The first-order valence-corrected chi connectivity index (χ1v) is 7.53. The maximum Gasteiger partial charge on any atom is 0.254 e. The molecule has 0 aromatic heterocycles. The molecule has 1 amide bonds. The molecule has 7 nitrogen and oxygen atoms in total. The van der Waals surface area contributed by atoms with Gasteiger partial charge in [0.25, 0.3) is 5.91 Å². The van der Waals surface area contributed by atoms with E-state index in [0.717, 1.165) is 0 Å². The minimum atomic E-state index is -2.45. The fourth-order valence-electron chi connectivity index (χ4n) is 1.71. The molecule has 1 saturated heterocycles. The number of nitrogens with one attached hydrogen (secondary N) is 1. The first-order chi connectivity index (χ1) is 10.0. The van der Waals surface area contributed by atoms with Gasteiger partial charge in [0.1, 0.15) is 0 Å². The Labute approximate surface area is 130 Å². The number of ether oxygens (including phenoxy) is 1. The second kappa shape index (κ2) is 9.08. The predicted molar refractivity (Wildman–Crippen MR) is 76.2 cm³/mol. The number of morpholine rings is 1. The lowest BCUT2D eigenvalue weighted by molar-refractivity contribution is 0.0302. The summed E-state index contributed by atoms with van der Waals surface area (Å²) in [5.41, 5.74) is 2.07. The van der Waals surface area contributed by atoms with Crippen LogP contribution in [-0.4, -0.2) is 58.1 Å². The Bertz CT molecular complexity index is 508. The molecule has 2 rings (SSSR count). The van der Waals surface area contributed by atoms with E-state index < -0.39 is 11.1 Å². The van der Waals surface area contributed by atoms with Crippen LogP contribution in [0, 0.1) is 0 Å². The van der Waals surface area contributed by atoms with Crippen LogP contribution >= 0.6 is 11.6 Å². The number of carbonyl (C=O) groups excluding carboxylic acids is 1. The van der Waals surface area contributed by atoms with Crippen LogP contribution in [0.1, 0.15) is 10.4 Å². The Morgan fingerprint density at radius 1 is 1.48 bits per heavy atom. The molecule has 0 saturated carbocycles.